The first kappa shape index (κ1) is 15.0. The van der Waals surface area contributed by atoms with E-state index in [1.165, 1.54) is 16.8 Å². The van der Waals surface area contributed by atoms with Gasteiger partial charge in [-0.15, -0.1) is 5.10 Å². The summed E-state index contributed by atoms with van der Waals surface area (Å²) in [4.78, 5) is 14.3. The SMILES string of the molecule is Cc1c(C(=O)N2CCCCC2)nnn1-c1ccc(Cl)cc1F. The van der Waals surface area contributed by atoms with Crippen LogP contribution in [0.5, 0.6) is 0 Å². The second-order valence-corrected chi connectivity index (χ2v) is 5.82. The Morgan fingerprint density at radius 1 is 1.27 bits per heavy atom. The highest BCUT2D eigenvalue weighted by molar-refractivity contribution is 6.30. The average molecular weight is 323 g/mol. The molecular weight excluding hydrogens is 307 g/mol. The van der Waals surface area contributed by atoms with E-state index < -0.39 is 5.82 Å². The van der Waals surface area contributed by atoms with Gasteiger partial charge in [-0.3, -0.25) is 4.79 Å². The lowest BCUT2D eigenvalue weighted by Gasteiger charge is -2.25. The Morgan fingerprint density at radius 2 is 2.00 bits per heavy atom. The lowest BCUT2D eigenvalue weighted by atomic mass is 10.1. The third-order valence-electron chi connectivity index (χ3n) is 3.88. The molecule has 0 saturated carbocycles. The van der Waals surface area contributed by atoms with E-state index in [0.29, 0.717) is 10.7 Å². The Balaban J connectivity index is 1.93. The predicted octanol–water partition coefficient (Wildman–Crippen LogP) is 2.99. The number of halogens is 2. The Hall–Kier alpha value is -1.95. The van der Waals surface area contributed by atoms with Gasteiger partial charge >= 0.3 is 0 Å². The number of hydrogen-bond donors (Lipinski definition) is 0. The van der Waals surface area contributed by atoms with Crippen LogP contribution in [0.15, 0.2) is 18.2 Å². The van der Waals surface area contributed by atoms with Gasteiger partial charge in [0, 0.05) is 18.1 Å². The fourth-order valence-electron chi connectivity index (χ4n) is 2.66. The van der Waals surface area contributed by atoms with Gasteiger partial charge in [0.15, 0.2) is 5.69 Å². The van der Waals surface area contributed by atoms with Crippen LogP contribution >= 0.6 is 11.6 Å². The smallest absolute Gasteiger partial charge is 0.276 e. The molecule has 5 nitrogen and oxygen atoms in total. The summed E-state index contributed by atoms with van der Waals surface area (Å²) in [6.07, 6.45) is 3.15. The fraction of sp³-hybridized carbons (Fsp3) is 0.400. The van der Waals surface area contributed by atoms with Gasteiger partial charge in [0.25, 0.3) is 5.91 Å². The molecule has 1 aliphatic heterocycles. The first-order chi connectivity index (χ1) is 10.6. The molecule has 116 valence electrons. The van der Waals surface area contributed by atoms with Crippen molar-refractivity contribution in [1.29, 1.82) is 0 Å². The molecule has 0 bridgehead atoms. The summed E-state index contributed by atoms with van der Waals surface area (Å²) >= 11 is 5.76. The Kier molecular flexibility index (Phi) is 4.11. The highest BCUT2D eigenvalue weighted by Crippen LogP contribution is 2.21. The highest BCUT2D eigenvalue weighted by Gasteiger charge is 2.24. The minimum Gasteiger partial charge on any atom is -0.337 e. The summed E-state index contributed by atoms with van der Waals surface area (Å²) in [5.74, 6) is -0.643. The maximum Gasteiger partial charge on any atom is 0.276 e. The van der Waals surface area contributed by atoms with Crippen LogP contribution in [0, 0.1) is 12.7 Å². The highest BCUT2D eigenvalue weighted by atomic mass is 35.5. The zero-order valence-corrected chi connectivity index (χ0v) is 13.0. The lowest BCUT2D eigenvalue weighted by Crippen LogP contribution is -2.36. The summed E-state index contributed by atoms with van der Waals surface area (Å²) < 4.78 is 15.3. The van der Waals surface area contributed by atoms with Crippen LogP contribution < -0.4 is 0 Å². The first-order valence-corrected chi connectivity index (χ1v) is 7.62. The molecule has 1 saturated heterocycles. The van der Waals surface area contributed by atoms with E-state index in [-0.39, 0.29) is 17.3 Å². The third-order valence-corrected chi connectivity index (χ3v) is 4.11. The molecular formula is C15H16ClFN4O. The van der Waals surface area contributed by atoms with E-state index in [2.05, 4.69) is 10.3 Å². The second-order valence-electron chi connectivity index (χ2n) is 5.38. The molecule has 0 radical (unpaired) electrons. The molecule has 1 fully saturated rings. The number of benzene rings is 1. The van der Waals surface area contributed by atoms with Crippen LogP contribution in [0.3, 0.4) is 0 Å². The van der Waals surface area contributed by atoms with Gasteiger partial charge < -0.3 is 4.90 Å². The molecule has 1 aromatic heterocycles. The van der Waals surface area contributed by atoms with Crippen LogP contribution in [0.25, 0.3) is 5.69 Å². The van der Waals surface area contributed by atoms with Crippen LogP contribution in [0.1, 0.15) is 35.4 Å². The summed E-state index contributed by atoms with van der Waals surface area (Å²) in [5, 5.41) is 8.19. The molecule has 22 heavy (non-hydrogen) atoms. The van der Waals surface area contributed by atoms with Crippen molar-refractivity contribution in [3.63, 3.8) is 0 Å². The number of carbonyl (C=O) groups excluding carboxylic acids is 1. The second kappa shape index (κ2) is 6.04. The van der Waals surface area contributed by atoms with Crippen molar-refractivity contribution in [2.24, 2.45) is 0 Å². The van der Waals surface area contributed by atoms with Crippen molar-refractivity contribution in [1.82, 2.24) is 19.9 Å². The Morgan fingerprint density at radius 3 is 2.68 bits per heavy atom. The number of nitrogens with zero attached hydrogens (tertiary/aromatic N) is 4. The largest absolute Gasteiger partial charge is 0.337 e. The number of carbonyl (C=O) groups is 1. The maximum atomic E-state index is 14.0. The number of likely N-dealkylation sites (tertiary alicyclic amines) is 1. The monoisotopic (exact) mass is 322 g/mol. The molecule has 2 heterocycles. The van der Waals surface area contributed by atoms with Crippen molar-refractivity contribution in [2.45, 2.75) is 26.2 Å². The van der Waals surface area contributed by atoms with Crippen LogP contribution in [-0.2, 0) is 0 Å². The number of amides is 1. The molecule has 7 heteroatoms. The minimum atomic E-state index is -0.502. The number of rotatable bonds is 2. The van der Waals surface area contributed by atoms with E-state index in [9.17, 15) is 9.18 Å². The van der Waals surface area contributed by atoms with E-state index in [1.807, 2.05) is 0 Å². The van der Waals surface area contributed by atoms with Crippen molar-refractivity contribution in [3.05, 3.63) is 40.4 Å². The summed E-state index contributed by atoms with van der Waals surface area (Å²) in [7, 11) is 0. The van der Waals surface area contributed by atoms with Gasteiger partial charge in [0.1, 0.15) is 11.5 Å². The van der Waals surface area contributed by atoms with E-state index in [4.69, 9.17) is 11.6 Å². The Bertz CT molecular complexity index is 710. The van der Waals surface area contributed by atoms with Crippen LogP contribution in [0.4, 0.5) is 4.39 Å². The average Bonchev–Trinajstić information content (AvgIpc) is 2.89. The topological polar surface area (TPSA) is 51.0 Å². The molecule has 3 rings (SSSR count). The van der Waals surface area contributed by atoms with E-state index in [1.54, 1.807) is 17.9 Å². The fourth-order valence-corrected chi connectivity index (χ4v) is 2.81. The summed E-state index contributed by atoms with van der Waals surface area (Å²) in [6.45, 7) is 3.19. The number of piperidine rings is 1. The summed E-state index contributed by atoms with van der Waals surface area (Å²) in [5.41, 5.74) is 1.03. The zero-order chi connectivity index (χ0) is 15.7. The third kappa shape index (κ3) is 2.70. The van der Waals surface area contributed by atoms with Gasteiger partial charge in [0.05, 0.1) is 5.69 Å². The molecule has 1 amide bonds. The van der Waals surface area contributed by atoms with Crippen molar-refractivity contribution in [3.8, 4) is 5.69 Å². The maximum absolute atomic E-state index is 14.0. The Labute approximate surface area is 132 Å². The molecule has 0 spiro atoms. The van der Waals surface area contributed by atoms with Gasteiger partial charge in [0.2, 0.25) is 0 Å². The predicted molar refractivity (Wildman–Crippen MR) is 80.8 cm³/mol. The molecule has 1 aromatic carbocycles. The van der Waals surface area contributed by atoms with Gasteiger partial charge in [-0.2, -0.15) is 0 Å². The number of hydrogen-bond acceptors (Lipinski definition) is 3. The van der Waals surface area contributed by atoms with E-state index in [0.717, 1.165) is 32.4 Å². The quantitative estimate of drug-likeness (QED) is 0.854. The van der Waals surface area contributed by atoms with Crippen molar-refractivity contribution < 1.29 is 9.18 Å². The normalized spacial score (nSPS) is 15.1. The van der Waals surface area contributed by atoms with Gasteiger partial charge in [-0.1, -0.05) is 16.8 Å². The first-order valence-electron chi connectivity index (χ1n) is 7.25. The van der Waals surface area contributed by atoms with Gasteiger partial charge in [-0.05, 0) is 44.4 Å². The van der Waals surface area contributed by atoms with Crippen molar-refractivity contribution >= 4 is 17.5 Å². The minimum absolute atomic E-state index is 0.141. The lowest BCUT2D eigenvalue weighted by molar-refractivity contribution is 0.0717. The van der Waals surface area contributed by atoms with E-state index >= 15 is 0 Å². The van der Waals surface area contributed by atoms with Crippen LogP contribution in [-0.4, -0.2) is 38.9 Å². The van der Waals surface area contributed by atoms with Crippen LogP contribution in [0.2, 0.25) is 5.02 Å². The molecule has 1 aliphatic rings. The standard InChI is InChI=1S/C15H16ClFN4O/c1-10-14(15(22)20-7-3-2-4-8-20)18-19-21(10)13-6-5-11(16)9-12(13)17/h5-6,9H,2-4,7-8H2,1H3. The number of aromatic nitrogens is 3. The molecule has 0 aliphatic carbocycles. The molecule has 0 N–H and O–H groups in total. The molecule has 0 atom stereocenters. The zero-order valence-electron chi connectivity index (χ0n) is 12.2. The molecule has 2 aromatic rings. The summed E-state index contributed by atoms with van der Waals surface area (Å²) in [6, 6.07) is 4.31. The molecule has 0 unspecified atom stereocenters. The van der Waals surface area contributed by atoms with Crippen molar-refractivity contribution in [2.75, 3.05) is 13.1 Å². The van der Waals surface area contributed by atoms with Gasteiger partial charge in [-0.25, -0.2) is 9.07 Å².